The third-order valence-electron chi connectivity index (χ3n) is 3.38. The lowest BCUT2D eigenvalue weighted by Gasteiger charge is -2.21. The van der Waals surface area contributed by atoms with Crippen LogP contribution < -0.4 is 0 Å². The molecule has 0 fully saturated rings. The van der Waals surface area contributed by atoms with Gasteiger partial charge in [-0.2, -0.15) is 0 Å². The Morgan fingerprint density at radius 2 is 2.42 bits per heavy atom. The smallest absolute Gasteiger partial charge is 0.356 e. The van der Waals surface area contributed by atoms with E-state index >= 15 is 0 Å². The minimum Gasteiger partial charge on any atom is -0.476 e. The molecule has 19 heavy (non-hydrogen) atoms. The minimum absolute atomic E-state index is 0.0474. The van der Waals surface area contributed by atoms with Crippen LogP contribution >= 0.6 is 0 Å². The van der Waals surface area contributed by atoms with Crippen LogP contribution in [0.25, 0.3) is 0 Å². The van der Waals surface area contributed by atoms with Gasteiger partial charge in [0.05, 0.1) is 24.5 Å². The summed E-state index contributed by atoms with van der Waals surface area (Å²) < 4.78 is 7.07. The molecule has 1 unspecified atom stereocenters. The lowest BCUT2D eigenvalue weighted by Crippen LogP contribution is -2.19. The summed E-state index contributed by atoms with van der Waals surface area (Å²) in [6, 6.07) is 3.60. The molecular formula is C13H14N2O4. The minimum atomic E-state index is -1.10. The van der Waals surface area contributed by atoms with Crippen LogP contribution in [0.4, 0.5) is 0 Å². The first kappa shape index (κ1) is 12.0. The van der Waals surface area contributed by atoms with Crippen molar-refractivity contribution in [3.05, 3.63) is 41.4 Å². The van der Waals surface area contributed by atoms with Gasteiger partial charge in [0, 0.05) is 6.54 Å². The molecule has 2 aromatic heterocycles. The number of rotatable bonds is 3. The summed E-state index contributed by atoms with van der Waals surface area (Å²) in [6.07, 6.45) is 2.64. The lowest BCUT2D eigenvalue weighted by molar-refractivity contribution is 0.0677. The quantitative estimate of drug-likeness (QED) is 0.876. The molecule has 0 amide bonds. The first-order valence-electron chi connectivity index (χ1n) is 6.20. The normalized spacial score (nSPS) is 18.3. The van der Waals surface area contributed by atoms with E-state index in [9.17, 15) is 15.0 Å². The number of imidazole rings is 1. The zero-order chi connectivity index (χ0) is 13.4. The molecule has 1 atom stereocenters. The van der Waals surface area contributed by atoms with Crippen LogP contribution in [0.15, 0.2) is 22.8 Å². The van der Waals surface area contributed by atoms with Crippen molar-refractivity contribution in [1.29, 1.82) is 0 Å². The molecule has 0 radical (unpaired) electrons. The summed E-state index contributed by atoms with van der Waals surface area (Å²) in [4.78, 5) is 15.4. The Morgan fingerprint density at radius 1 is 1.58 bits per heavy atom. The van der Waals surface area contributed by atoms with E-state index in [1.807, 2.05) is 6.07 Å². The second-order valence-electron chi connectivity index (χ2n) is 4.63. The molecule has 0 bridgehead atoms. The summed E-state index contributed by atoms with van der Waals surface area (Å²) in [6.45, 7) is 0.683. The first-order valence-corrected chi connectivity index (χ1v) is 6.20. The van der Waals surface area contributed by atoms with Crippen molar-refractivity contribution >= 4 is 5.97 Å². The molecule has 1 aliphatic heterocycles. The van der Waals surface area contributed by atoms with Crippen LogP contribution in [0.2, 0.25) is 0 Å². The van der Waals surface area contributed by atoms with Crippen molar-refractivity contribution in [2.24, 2.45) is 0 Å². The van der Waals surface area contributed by atoms with E-state index in [2.05, 4.69) is 4.98 Å². The summed E-state index contributed by atoms with van der Waals surface area (Å²) >= 11 is 0. The number of nitrogens with zero attached hydrogens (tertiary/aromatic N) is 2. The SMILES string of the molecule is O=C(O)c1nc(Cc2ccco2)n2c1C(O)CCC2. The van der Waals surface area contributed by atoms with Gasteiger partial charge in [0.2, 0.25) is 0 Å². The highest BCUT2D eigenvalue weighted by Gasteiger charge is 2.29. The number of aromatic carboxylic acids is 1. The maximum absolute atomic E-state index is 11.2. The van der Waals surface area contributed by atoms with Gasteiger partial charge >= 0.3 is 5.97 Å². The van der Waals surface area contributed by atoms with Crippen LogP contribution in [0.3, 0.4) is 0 Å². The number of hydrogen-bond donors (Lipinski definition) is 2. The van der Waals surface area contributed by atoms with E-state index < -0.39 is 12.1 Å². The summed E-state index contributed by atoms with van der Waals surface area (Å²) in [5.41, 5.74) is 0.370. The number of carboxylic acids is 1. The molecule has 100 valence electrons. The zero-order valence-corrected chi connectivity index (χ0v) is 10.2. The molecule has 0 aromatic carbocycles. The van der Waals surface area contributed by atoms with Gasteiger partial charge in [0.1, 0.15) is 11.6 Å². The number of furan rings is 1. The number of aromatic nitrogens is 2. The molecule has 3 rings (SSSR count). The summed E-state index contributed by atoms with van der Waals surface area (Å²) in [5.74, 6) is 0.251. The second-order valence-corrected chi connectivity index (χ2v) is 4.63. The largest absolute Gasteiger partial charge is 0.476 e. The average molecular weight is 262 g/mol. The van der Waals surface area contributed by atoms with Gasteiger partial charge in [-0.3, -0.25) is 0 Å². The molecule has 0 saturated carbocycles. The summed E-state index contributed by atoms with van der Waals surface area (Å²) in [5, 5.41) is 19.2. The average Bonchev–Trinajstić information content (AvgIpc) is 2.99. The van der Waals surface area contributed by atoms with E-state index in [1.165, 1.54) is 0 Å². The Bertz CT molecular complexity index is 600. The van der Waals surface area contributed by atoms with Gasteiger partial charge in [-0.1, -0.05) is 0 Å². The van der Waals surface area contributed by atoms with Gasteiger partial charge in [-0.05, 0) is 25.0 Å². The molecule has 6 nitrogen and oxygen atoms in total. The molecule has 3 heterocycles. The lowest BCUT2D eigenvalue weighted by atomic mass is 10.0. The molecule has 0 aliphatic carbocycles. The maximum Gasteiger partial charge on any atom is 0.356 e. The third-order valence-corrected chi connectivity index (χ3v) is 3.38. The van der Waals surface area contributed by atoms with Crippen LogP contribution in [-0.2, 0) is 13.0 Å². The van der Waals surface area contributed by atoms with E-state index in [0.717, 1.165) is 12.2 Å². The molecule has 0 spiro atoms. The van der Waals surface area contributed by atoms with Gasteiger partial charge in [-0.15, -0.1) is 0 Å². The Hall–Kier alpha value is -2.08. The van der Waals surface area contributed by atoms with E-state index in [-0.39, 0.29) is 5.69 Å². The third kappa shape index (κ3) is 2.04. The van der Waals surface area contributed by atoms with Crippen molar-refractivity contribution in [3.63, 3.8) is 0 Å². The van der Waals surface area contributed by atoms with Gasteiger partial charge in [0.15, 0.2) is 5.69 Å². The molecule has 1 aliphatic rings. The van der Waals surface area contributed by atoms with Crippen LogP contribution in [0, 0.1) is 0 Å². The highest BCUT2D eigenvalue weighted by Crippen LogP contribution is 2.30. The molecule has 6 heteroatoms. The van der Waals surface area contributed by atoms with E-state index in [4.69, 9.17) is 4.42 Å². The fraction of sp³-hybridized carbons (Fsp3) is 0.385. The molecule has 2 aromatic rings. The Balaban J connectivity index is 2.05. The van der Waals surface area contributed by atoms with Gasteiger partial charge in [0.25, 0.3) is 0 Å². The predicted octanol–water partition coefficient (Wildman–Crippen LogP) is 1.59. The van der Waals surface area contributed by atoms with Gasteiger partial charge in [-0.25, -0.2) is 9.78 Å². The Morgan fingerprint density at radius 3 is 3.11 bits per heavy atom. The maximum atomic E-state index is 11.2. The molecular weight excluding hydrogens is 248 g/mol. The number of aliphatic hydroxyl groups excluding tert-OH is 1. The fourth-order valence-electron chi connectivity index (χ4n) is 2.54. The van der Waals surface area contributed by atoms with Crippen molar-refractivity contribution in [2.75, 3.05) is 0 Å². The van der Waals surface area contributed by atoms with Gasteiger partial charge < -0.3 is 19.2 Å². The zero-order valence-electron chi connectivity index (χ0n) is 10.2. The van der Waals surface area contributed by atoms with Crippen molar-refractivity contribution < 1.29 is 19.4 Å². The summed E-state index contributed by atoms with van der Waals surface area (Å²) in [7, 11) is 0. The number of carboxylic acid groups (broad SMARTS) is 1. The number of fused-ring (bicyclic) bond motifs is 1. The van der Waals surface area contributed by atoms with Crippen LogP contribution in [-0.4, -0.2) is 25.7 Å². The monoisotopic (exact) mass is 262 g/mol. The van der Waals surface area contributed by atoms with E-state index in [1.54, 1.807) is 16.9 Å². The van der Waals surface area contributed by atoms with Crippen LogP contribution in [0.1, 0.15) is 46.7 Å². The predicted molar refractivity (Wildman–Crippen MR) is 64.9 cm³/mol. The highest BCUT2D eigenvalue weighted by molar-refractivity contribution is 5.87. The number of carbonyl (C=O) groups is 1. The second kappa shape index (κ2) is 4.55. The van der Waals surface area contributed by atoms with Crippen LogP contribution in [0.5, 0.6) is 0 Å². The van der Waals surface area contributed by atoms with Crippen molar-refractivity contribution in [2.45, 2.75) is 31.9 Å². The number of aliphatic hydroxyl groups is 1. The Labute approximate surface area is 109 Å². The topological polar surface area (TPSA) is 88.5 Å². The Kier molecular flexibility index (Phi) is 2.87. The van der Waals surface area contributed by atoms with Crippen molar-refractivity contribution in [1.82, 2.24) is 9.55 Å². The first-order chi connectivity index (χ1) is 9.16. The number of hydrogen-bond acceptors (Lipinski definition) is 4. The highest BCUT2D eigenvalue weighted by atomic mass is 16.4. The molecule has 2 N–H and O–H groups in total. The van der Waals surface area contributed by atoms with Crippen molar-refractivity contribution in [3.8, 4) is 0 Å². The molecule has 0 saturated heterocycles. The van der Waals surface area contributed by atoms with E-state index in [0.29, 0.717) is 30.9 Å². The standard InChI is InChI=1S/C13H14N2O4/c16-9-4-1-5-15-10(7-8-3-2-6-19-8)14-11(12(9)15)13(17)18/h2-3,6,9,16H,1,4-5,7H2,(H,17,18). The fourth-order valence-corrected chi connectivity index (χ4v) is 2.54.